The summed E-state index contributed by atoms with van der Waals surface area (Å²) in [6.07, 6.45) is 4.71. The van der Waals surface area contributed by atoms with Crippen molar-refractivity contribution in [2.24, 2.45) is 0 Å². The van der Waals surface area contributed by atoms with Gasteiger partial charge in [0.25, 0.3) is 0 Å². The van der Waals surface area contributed by atoms with Crippen molar-refractivity contribution in [2.45, 2.75) is 57.3 Å². The van der Waals surface area contributed by atoms with E-state index < -0.39 is 6.10 Å². The first-order valence-electron chi connectivity index (χ1n) is 8.70. The van der Waals surface area contributed by atoms with Gasteiger partial charge in [0.1, 0.15) is 0 Å². The molecule has 1 N–H and O–H groups in total. The van der Waals surface area contributed by atoms with Gasteiger partial charge in [-0.3, -0.25) is 4.90 Å². The van der Waals surface area contributed by atoms with E-state index in [0.717, 1.165) is 51.1 Å². The average Bonchev–Trinajstić information content (AvgIpc) is 3.28. The van der Waals surface area contributed by atoms with Gasteiger partial charge in [-0.15, -0.1) is 0 Å². The van der Waals surface area contributed by atoms with Crippen LogP contribution in [0.3, 0.4) is 0 Å². The molecule has 0 spiro atoms. The lowest BCUT2D eigenvalue weighted by Crippen LogP contribution is -2.35. The van der Waals surface area contributed by atoms with Crippen LogP contribution in [-0.4, -0.2) is 65.3 Å². The lowest BCUT2D eigenvalue weighted by Gasteiger charge is -2.24. The number of aliphatic hydroxyl groups is 1. The third kappa shape index (κ3) is 4.50. The van der Waals surface area contributed by atoms with Gasteiger partial charge >= 0.3 is 0 Å². The van der Waals surface area contributed by atoms with Gasteiger partial charge < -0.3 is 19.1 Å². The zero-order valence-electron chi connectivity index (χ0n) is 13.8. The summed E-state index contributed by atoms with van der Waals surface area (Å²) in [5.41, 5.74) is 0. The van der Waals surface area contributed by atoms with Crippen LogP contribution in [0, 0.1) is 0 Å². The second kappa shape index (κ2) is 8.19. The van der Waals surface area contributed by atoms with Crippen LogP contribution >= 0.6 is 0 Å². The van der Waals surface area contributed by atoms with Gasteiger partial charge in [0.05, 0.1) is 31.5 Å². The van der Waals surface area contributed by atoms with E-state index in [2.05, 4.69) is 15.0 Å². The standard InChI is InChI=1S/C16H27N3O4/c1-2-15-17-16(18-23-15)14-6-3-7-19(14)9-12(20)10-21-11-13-5-4-8-22-13/h12-14,20H,2-11H2,1H3/t12-,13-,14+/m1/s1. The Kier molecular flexibility index (Phi) is 5.99. The highest BCUT2D eigenvalue weighted by Crippen LogP contribution is 2.30. The Morgan fingerprint density at radius 3 is 3.04 bits per heavy atom. The van der Waals surface area contributed by atoms with Crippen molar-refractivity contribution in [2.75, 3.05) is 32.9 Å². The maximum atomic E-state index is 10.2. The van der Waals surface area contributed by atoms with Crippen LogP contribution in [-0.2, 0) is 15.9 Å². The van der Waals surface area contributed by atoms with Crippen LogP contribution in [0.4, 0.5) is 0 Å². The summed E-state index contributed by atoms with van der Waals surface area (Å²) < 4.78 is 16.3. The summed E-state index contributed by atoms with van der Waals surface area (Å²) >= 11 is 0. The van der Waals surface area contributed by atoms with Crippen LogP contribution in [0.15, 0.2) is 4.52 Å². The van der Waals surface area contributed by atoms with E-state index in [-0.39, 0.29) is 12.1 Å². The number of ether oxygens (including phenoxy) is 2. The smallest absolute Gasteiger partial charge is 0.226 e. The van der Waals surface area contributed by atoms with Gasteiger partial charge in [-0.1, -0.05) is 12.1 Å². The van der Waals surface area contributed by atoms with Gasteiger partial charge in [0.15, 0.2) is 5.82 Å². The molecule has 0 saturated carbocycles. The number of aromatic nitrogens is 2. The zero-order valence-corrected chi connectivity index (χ0v) is 13.8. The van der Waals surface area contributed by atoms with Crippen LogP contribution in [0.2, 0.25) is 0 Å². The van der Waals surface area contributed by atoms with Crippen molar-refractivity contribution in [3.63, 3.8) is 0 Å². The van der Waals surface area contributed by atoms with Gasteiger partial charge in [-0.05, 0) is 32.2 Å². The van der Waals surface area contributed by atoms with Crippen LogP contribution in [0.5, 0.6) is 0 Å². The normalized spacial score (nSPS) is 26.9. The fourth-order valence-electron chi connectivity index (χ4n) is 3.32. The number of likely N-dealkylation sites (tertiary alicyclic amines) is 1. The highest BCUT2D eigenvalue weighted by molar-refractivity contribution is 4.98. The van der Waals surface area contributed by atoms with Crippen molar-refractivity contribution in [3.8, 4) is 0 Å². The molecule has 7 heteroatoms. The molecule has 2 aliphatic heterocycles. The van der Waals surface area contributed by atoms with Gasteiger partial charge in [-0.2, -0.15) is 4.98 Å². The predicted molar refractivity (Wildman–Crippen MR) is 83.0 cm³/mol. The lowest BCUT2D eigenvalue weighted by molar-refractivity contribution is -0.0264. The van der Waals surface area contributed by atoms with E-state index in [1.54, 1.807) is 0 Å². The molecule has 3 atom stereocenters. The number of aliphatic hydroxyl groups excluding tert-OH is 1. The molecule has 2 aliphatic rings. The van der Waals surface area contributed by atoms with Crippen LogP contribution in [0.1, 0.15) is 50.4 Å². The summed E-state index contributed by atoms with van der Waals surface area (Å²) in [6.45, 7) is 5.27. The Morgan fingerprint density at radius 1 is 1.39 bits per heavy atom. The molecule has 0 unspecified atom stereocenters. The minimum atomic E-state index is -0.505. The highest BCUT2D eigenvalue weighted by Gasteiger charge is 2.31. The minimum absolute atomic E-state index is 0.145. The highest BCUT2D eigenvalue weighted by atomic mass is 16.5. The van der Waals surface area contributed by atoms with Crippen molar-refractivity contribution >= 4 is 0 Å². The Bertz CT molecular complexity index is 476. The van der Waals surface area contributed by atoms with E-state index in [4.69, 9.17) is 14.0 Å². The Morgan fingerprint density at radius 2 is 2.30 bits per heavy atom. The van der Waals surface area contributed by atoms with Gasteiger partial charge in [-0.25, -0.2) is 0 Å². The van der Waals surface area contributed by atoms with E-state index in [0.29, 0.717) is 25.6 Å². The molecule has 2 fully saturated rings. The molecular formula is C16H27N3O4. The van der Waals surface area contributed by atoms with Crippen LogP contribution in [0.25, 0.3) is 0 Å². The third-order valence-corrected chi connectivity index (χ3v) is 4.53. The first kappa shape index (κ1) is 16.8. The zero-order chi connectivity index (χ0) is 16.1. The molecule has 0 aliphatic carbocycles. The largest absolute Gasteiger partial charge is 0.389 e. The second-order valence-corrected chi connectivity index (χ2v) is 6.38. The fraction of sp³-hybridized carbons (Fsp3) is 0.875. The quantitative estimate of drug-likeness (QED) is 0.772. The Hall–Kier alpha value is -1.02. The molecule has 23 heavy (non-hydrogen) atoms. The molecule has 0 aromatic carbocycles. The van der Waals surface area contributed by atoms with Crippen molar-refractivity contribution in [3.05, 3.63) is 11.7 Å². The van der Waals surface area contributed by atoms with Gasteiger partial charge in [0.2, 0.25) is 5.89 Å². The number of aryl methyl sites for hydroxylation is 1. The molecular weight excluding hydrogens is 298 g/mol. The van der Waals surface area contributed by atoms with E-state index in [1.807, 2.05) is 6.92 Å². The first-order valence-corrected chi connectivity index (χ1v) is 8.70. The van der Waals surface area contributed by atoms with E-state index >= 15 is 0 Å². The lowest BCUT2D eigenvalue weighted by atomic mass is 10.2. The fourth-order valence-corrected chi connectivity index (χ4v) is 3.32. The van der Waals surface area contributed by atoms with Crippen LogP contribution < -0.4 is 0 Å². The summed E-state index contributed by atoms with van der Waals surface area (Å²) in [5.74, 6) is 1.42. The molecule has 130 valence electrons. The van der Waals surface area contributed by atoms with E-state index in [9.17, 15) is 5.11 Å². The summed E-state index contributed by atoms with van der Waals surface area (Å²) in [5, 5.41) is 14.3. The molecule has 0 bridgehead atoms. The summed E-state index contributed by atoms with van der Waals surface area (Å²) in [7, 11) is 0. The maximum absolute atomic E-state index is 10.2. The first-order chi connectivity index (χ1) is 11.3. The molecule has 0 amide bonds. The molecule has 3 rings (SSSR count). The number of rotatable bonds is 8. The summed E-state index contributed by atoms with van der Waals surface area (Å²) in [4.78, 5) is 6.66. The molecule has 0 radical (unpaired) electrons. The Labute approximate surface area is 136 Å². The molecule has 3 heterocycles. The molecule has 7 nitrogen and oxygen atoms in total. The topological polar surface area (TPSA) is 80.9 Å². The minimum Gasteiger partial charge on any atom is -0.389 e. The van der Waals surface area contributed by atoms with Gasteiger partial charge in [0, 0.05) is 19.6 Å². The second-order valence-electron chi connectivity index (χ2n) is 6.38. The van der Waals surface area contributed by atoms with Crippen molar-refractivity contribution in [1.82, 2.24) is 15.0 Å². The summed E-state index contributed by atoms with van der Waals surface area (Å²) in [6, 6.07) is 0.145. The number of hydrogen-bond acceptors (Lipinski definition) is 7. The average molecular weight is 325 g/mol. The molecule has 1 aromatic heterocycles. The Balaban J connectivity index is 1.43. The van der Waals surface area contributed by atoms with Crippen molar-refractivity contribution < 1.29 is 19.1 Å². The number of β-amino-alcohol motifs (C(OH)–C–C–N with tert-alkyl or cyclic N) is 1. The van der Waals surface area contributed by atoms with Crippen molar-refractivity contribution in [1.29, 1.82) is 0 Å². The molecule has 2 saturated heterocycles. The predicted octanol–water partition coefficient (Wildman–Crippen LogP) is 1.33. The maximum Gasteiger partial charge on any atom is 0.226 e. The number of hydrogen-bond donors (Lipinski definition) is 1. The third-order valence-electron chi connectivity index (χ3n) is 4.53. The SMILES string of the molecule is CCc1nc([C@@H]2CCCN2C[C@@H](O)COC[C@H]2CCCO2)no1. The monoisotopic (exact) mass is 325 g/mol. The molecule has 1 aromatic rings. The number of nitrogens with zero attached hydrogens (tertiary/aromatic N) is 3. The van der Waals surface area contributed by atoms with E-state index in [1.165, 1.54) is 0 Å².